The van der Waals surface area contributed by atoms with Crippen molar-refractivity contribution in [3.63, 3.8) is 0 Å². The topological polar surface area (TPSA) is 52.4 Å². The molecule has 0 fully saturated rings. The van der Waals surface area contributed by atoms with E-state index in [0.29, 0.717) is 28.5 Å². The lowest BCUT2D eigenvalue weighted by molar-refractivity contribution is 0.610. The van der Waals surface area contributed by atoms with Gasteiger partial charge in [0.15, 0.2) is 0 Å². The molecule has 0 radical (unpaired) electrons. The Bertz CT molecular complexity index is 1150. The second-order valence-electron chi connectivity index (χ2n) is 5.70. The van der Waals surface area contributed by atoms with E-state index in [1.54, 1.807) is 28.3 Å². The quantitative estimate of drug-likeness (QED) is 0.525. The van der Waals surface area contributed by atoms with Crippen molar-refractivity contribution in [2.45, 2.75) is 6.92 Å². The molecule has 4 heterocycles. The molecule has 0 saturated carbocycles. The van der Waals surface area contributed by atoms with Crippen LogP contribution < -0.4 is 0 Å². The molecule has 0 aromatic carbocycles. The lowest BCUT2D eigenvalue weighted by atomic mass is 10.1. The predicted octanol–water partition coefficient (Wildman–Crippen LogP) is 3.80. The summed E-state index contributed by atoms with van der Waals surface area (Å²) in [7, 11) is 1.82. The summed E-state index contributed by atoms with van der Waals surface area (Å²) in [5.74, 6) is 0.0980. The van der Waals surface area contributed by atoms with Crippen molar-refractivity contribution >= 4 is 11.5 Å². The second kappa shape index (κ2) is 5.53. The van der Waals surface area contributed by atoms with Gasteiger partial charge in [-0.1, -0.05) is 6.57 Å². The normalized spacial score (nSPS) is 11.0. The number of aryl methyl sites for hydroxylation is 2. The van der Waals surface area contributed by atoms with E-state index in [-0.39, 0.29) is 5.82 Å². The molecule has 4 aromatic heterocycles. The van der Waals surface area contributed by atoms with Gasteiger partial charge in [0.05, 0.1) is 23.8 Å². The van der Waals surface area contributed by atoms with Crippen molar-refractivity contribution in [1.82, 2.24) is 24.1 Å². The fourth-order valence-corrected chi connectivity index (χ4v) is 2.77. The molecule has 4 rings (SSSR count). The monoisotopic (exact) mass is 332 g/mol. The van der Waals surface area contributed by atoms with Gasteiger partial charge in [0.25, 0.3) is 5.82 Å². The summed E-state index contributed by atoms with van der Waals surface area (Å²) < 4.78 is 17.0. The minimum absolute atomic E-state index is 0.328. The summed E-state index contributed by atoms with van der Waals surface area (Å²) in [6.45, 7) is 8.87. The third-order valence-electron chi connectivity index (χ3n) is 4.00. The Hall–Kier alpha value is -3.53. The van der Waals surface area contributed by atoms with Gasteiger partial charge >= 0.3 is 0 Å². The molecular weight excluding hydrogens is 319 g/mol. The van der Waals surface area contributed by atoms with Gasteiger partial charge < -0.3 is 4.85 Å². The summed E-state index contributed by atoms with van der Waals surface area (Å²) in [4.78, 5) is 12.0. The van der Waals surface area contributed by atoms with E-state index in [0.717, 1.165) is 11.1 Å². The number of fused-ring (bicyclic) bond motifs is 1. The molecule has 0 spiro atoms. The van der Waals surface area contributed by atoms with Crippen molar-refractivity contribution in [3.8, 4) is 22.5 Å². The van der Waals surface area contributed by atoms with Crippen LogP contribution in [0.15, 0.2) is 42.9 Å². The summed E-state index contributed by atoms with van der Waals surface area (Å²) >= 11 is 0. The van der Waals surface area contributed by atoms with E-state index < -0.39 is 0 Å². The second-order valence-corrected chi connectivity index (χ2v) is 5.70. The third-order valence-corrected chi connectivity index (χ3v) is 4.00. The maximum Gasteiger partial charge on any atom is 0.254 e. The molecule has 0 N–H and O–H groups in total. The van der Waals surface area contributed by atoms with E-state index in [1.165, 1.54) is 6.07 Å². The number of halogens is 1. The Morgan fingerprint density at radius 2 is 2.00 bits per heavy atom. The lowest BCUT2D eigenvalue weighted by Crippen LogP contribution is -1.94. The zero-order valence-corrected chi connectivity index (χ0v) is 13.6. The molecule has 0 amide bonds. The highest BCUT2D eigenvalue weighted by Crippen LogP contribution is 2.31. The SMILES string of the molecule is [C-]#[N+]c1cnc2ccc(-c3cn(C)nc3-c3ccc(F)c(C)n3)cn12. The highest BCUT2D eigenvalue weighted by Gasteiger charge is 2.16. The molecular formula is C18H13FN6. The van der Waals surface area contributed by atoms with Crippen LogP contribution in [0.1, 0.15) is 5.69 Å². The third kappa shape index (κ3) is 2.44. The number of nitrogens with zero attached hydrogens (tertiary/aromatic N) is 6. The maximum atomic E-state index is 13.5. The number of aromatic nitrogens is 5. The number of pyridine rings is 2. The standard InChI is InChI=1S/C18H13FN6/c1-11-14(19)5-6-15(22-11)18-13(10-24(3)23-18)12-4-7-16-21-8-17(20-2)25(16)9-12/h4-10H,1,3H3. The first-order valence-electron chi connectivity index (χ1n) is 7.59. The Morgan fingerprint density at radius 3 is 2.76 bits per heavy atom. The summed E-state index contributed by atoms with van der Waals surface area (Å²) in [5.41, 5.74) is 4.03. The molecule has 0 bridgehead atoms. The lowest BCUT2D eigenvalue weighted by Gasteiger charge is -2.04. The van der Waals surface area contributed by atoms with Crippen LogP contribution in [0, 0.1) is 19.3 Å². The van der Waals surface area contributed by atoms with Crippen LogP contribution in [0.3, 0.4) is 0 Å². The van der Waals surface area contributed by atoms with E-state index in [1.807, 2.05) is 31.6 Å². The highest BCUT2D eigenvalue weighted by atomic mass is 19.1. The van der Waals surface area contributed by atoms with E-state index in [4.69, 9.17) is 6.57 Å². The van der Waals surface area contributed by atoms with Crippen molar-refractivity contribution in [3.05, 3.63) is 65.8 Å². The number of rotatable bonds is 2. The Labute approximate surface area is 143 Å². The van der Waals surface area contributed by atoms with Crippen molar-refractivity contribution in [2.75, 3.05) is 0 Å². The Balaban J connectivity index is 1.92. The van der Waals surface area contributed by atoms with Gasteiger partial charge in [-0.05, 0) is 25.1 Å². The van der Waals surface area contributed by atoms with E-state index >= 15 is 0 Å². The van der Waals surface area contributed by atoms with Gasteiger partial charge in [-0.15, -0.1) is 0 Å². The summed E-state index contributed by atoms with van der Waals surface area (Å²) in [6.07, 6.45) is 5.28. The summed E-state index contributed by atoms with van der Waals surface area (Å²) in [5, 5.41) is 4.48. The first kappa shape index (κ1) is 15.0. The van der Waals surface area contributed by atoms with Crippen LogP contribution in [0.5, 0.6) is 0 Å². The molecule has 0 unspecified atom stereocenters. The first-order chi connectivity index (χ1) is 12.1. The van der Waals surface area contributed by atoms with Gasteiger partial charge in [-0.25, -0.2) is 18.8 Å². The van der Waals surface area contributed by atoms with Crippen LogP contribution >= 0.6 is 0 Å². The fourth-order valence-electron chi connectivity index (χ4n) is 2.77. The fraction of sp³-hybridized carbons (Fsp3) is 0.111. The molecule has 0 atom stereocenters. The molecule has 4 aromatic rings. The largest absolute Gasteiger partial charge is 0.362 e. The van der Waals surface area contributed by atoms with Crippen molar-refractivity contribution in [1.29, 1.82) is 0 Å². The molecule has 0 aliphatic rings. The van der Waals surface area contributed by atoms with E-state index in [2.05, 4.69) is 19.9 Å². The van der Waals surface area contributed by atoms with Crippen LogP contribution in [0.4, 0.5) is 10.2 Å². The van der Waals surface area contributed by atoms with Crippen molar-refractivity contribution in [2.24, 2.45) is 7.05 Å². The molecule has 0 aliphatic heterocycles. The molecule has 25 heavy (non-hydrogen) atoms. The van der Waals surface area contributed by atoms with Gasteiger partial charge in [0.2, 0.25) is 5.65 Å². The Morgan fingerprint density at radius 1 is 1.16 bits per heavy atom. The zero-order valence-electron chi connectivity index (χ0n) is 13.6. The number of hydrogen-bond acceptors (Lipinski definition) is 3. The van der Waals surface area contributed by atoms with Crippen molar-refractivity contribution < 1.29 is 4.39 Å². The minimum Gasteiger partial charge on any atom is -0.362 e. The van der Waals surface area contributed by atoms with Gasteiger partial charge in [0.1, 0.15) is 11.5 Å². The van der Waals surface area contributed by atoms with Crippen LogP contribution in [-0.2, 0) is 7.05 Å². The van der Waals surface area contributed by atoms with Gasteiger partial charge in [-0.3, -0.25) is 4.68 Å². The van der Waals surface area contributed by atoms with E-state index in [9.17, 15) is 4.39 Å². The van der Waals surface area contributed by atoms with Crippen LogP contribution in [0.2, 0.25) is 0 Å². The smallest absolute Gasteiger partial charge is 0.254 e. The maximum absolute atomic E-state index is 13.5. The molecule has 0 aliphatic carbocycles. The zero-order chi connectivity index (χ0) is 17.6. The van der Waals surface area contributed by atoms with Crippen LogP contribution in [0.25, 0.3) is 33.0 Å². The van der Waals surface area contributed by atoms with Crippen LogP contribution in [-0.4, -0.2) is 24.1 Å². The molecule has 6 nitrogen and oxygen atoms in total. The van der Waals surface area contributed by atoms with Gasteiger partial charge in [0, 0.05) is 30.4 Å². The Kier molecular flexibility index (Phi) is 3.32. The highest BCUT2D eigenvalue weighted by molar-refractivity contribution is 5.79. The average Bonchev–Trinajstić information content (AvgIpc) is 3.19. The minimum atomic E-state index is -0.345. The number of imidazole rings is 1. The number of hydrogen-bond donors (Lipinski definition) is 0. The first-order valence-corrected chi connectivity index (χ1v) is 7.59. The summed E-state index contributed by atoms with van der Waals surface area (Å²) in [6, 6.07) is 6.79. The molecule has 7 heteroatoms. The predicted molar refractivity (Wildman–Crippen MR) is 91.6 cm³/mol. The molecule has 0 saturated heterocycles. The average molecular weight is 332 g/mol. The molecule has 122 valence electrons. The van der Waals surface area contributed by atoms with Gasteiger partial charge in [-0.2, -0.15) is 5.10 Å².